The zero-order chi connectivity index (χ0) is 16.2. The van der Waals surface area contributed by atoms with E-state index in [4.69, 9.17) is 4.74 Å². The van der Waals surface area contributed by atoms with Gasteiger partial charge < -0.3 is 9.84 Å². The molecule has 0 amide bonds. The average molecular weight is 318 g/mol. The molecule has 4 aliphatic carbocycles. The Labute approximate surface area is 139 Å². The Hall–Kier alpha value is -0.410. The molecule has 0 aromatic rings. The Morgan fingerprint density at radius 3 is 2.70 bits per heavy atom. The maximum Gasteiger partial charge on any atom is 0.164 e. The number of aliphatic hydroxyl groups is 1. The van der Waals surface area contributed by atoms with Gasteiger partial charge in [0.25, 0.3) is 0 Å². The van der Waals surface area contributed by atoms with E-state index in [-0.39, 0.29) is 17.1 Å². The van der Waals surface area contributed by atoms with Gasteiger partial charge in [-0.25, -0.2) is 0 Å². The lowest BCUT2D eigenvalue weighted by molar-refractivity contribution is -0.138. The molecule has 9 atom stereocenters. The van der Waals surface area contributed by atoms with Crippen LogP contribution in [0.25, 0.3) is 0 Å². The predicted octanol–water partition coefficient (Wildman–Crippen LogP) is 3.34. The predicted molar refractivity (Wildman–Crippen MR) is 86.8 cm³/mol. The van der Waals surface area contributed by atoms with E-state index in [0.29, 0.717) is 29.5 Å². The third-order valence-corrected chi connectivity index (χ3v) is 9.11. The third kappa shape index (κ3) is 1.62. The number of hydrogen-bond acceptors (Lipinski definition) is 3. The highest BCUT2D eigenvalue weighted by atomic mass is 16.6. The Morgan fingerprint density at radius 1 is 1.13 bits per heavy atom. The van der Waals surface area contributed by atoms with Gasteiger partial charge in [0, 0.05) is 6.42 Å². The lowest BCUT2D eigenvalue weighted by atomic mass is 9.47. The van der Waals surface area contributed by atoms with E-state index < -0.39 is 5.60 Å². The van der Waals surface area contributed by atoms with E-state index in [0.717, 1.165) is 38.0 Å². The molecule has 5 rings (SSSR count). The first kappa shape index (κ1) is 14.9. The fourth-order valence-electron chi connectivity index (χ4n) is 7.76. The summed E-state index contributed by atoms with van der Waals surface area (Å²) in [5.74, 6) is 3.65. The molecule has 23 heavy (non-hydrogen) atoms. The number of hydrogen-bond donors (Lipinski definition) is 1. The van der Waals surface area contributed by atoms with Crippen LogP contribution in [0.1, 0.15) is 65.7 Å². The van der Waals surface area contributed by atoms with Gasteiger partial charge in [-0.05, 0) is 80.5 Å². The molecule has 0 aromatic heterocycles. The normalized spacial score (nSPS) is 63.7. The van der Waals surface area contributed by atoms with Crippen LogP contribution in [-0.4, -0.2) is 28.2 Å². The van der Waals surface area contributed by atoms with Crippen molar-refractivity contribution in [1.82, 2.24) is 0 Å². The van der Waals surface area contributed by atoms with Crippen LogP contribution in [0.3, 0.4) is 0 Å². The summed E-state index contributed by atoms with van der Waals surface area (Å²) in [6.45, 7) is 6.81. The van der Waals surface area contributed by atoms with Crippen LogP contribution in [0.15, 0.2) is 0 Å². The van der Waals surface area contributed by atoms with E-state index >= 15 is 0 Å². The second kappa shape index (κ2) is 4.22. The molecule has 128 valence electrons. The van der Waals surface area contributed by atoms with Crippen molar-refractivity contribution in [2.75, 3.05) is 0 Å². The van der Waals surface area contributed by atoms with Gasteiger partial charge >= 0.3 is 0 Å². The van der Waals surface area contributed by atoms with Gasteiger partial charge in [-0.1, -0.05) is 13.8 Å². The van der Waals surface area contributed by atoms with Crippen molar-refractivity contribution in [2.45, 2.75) is 83.0 Å². The molecule has 4 unspecified atom stereocenters. The van der Waals surface area contributed by atoms with Gasteiger partial charge in [-0.15, -0.1) is 0 Å². The highest BCUT2D eigenvalue weighted by Gasteiger charge is 2.73. The highest BCUT2D eigenvalue weighted by Crippen LogP contribution is 2.70. The Kier molecular flexibility index (Phi) is 2.73. The highest BCUT2D eigenvalue weighted by molar-refractivity contribution is 5.88. The molecule has 1 spiro atoms. The number of carbonyl (C=O) groups excluding carboxylic acids is 1. The summed E-state index contributed by atoms with van der Waals surface area (Å²) in [6.07, 6.45) is 7.28. The number of rotatable bonds is 0. The van der Waals surface area contributed by atoms with Crippen molar-refractivity contribution in [3.05, 3.63) is 0 Å². The zero-order valence-electron chi connectivity index (χ0n) is 14.7. The number of fused-ring (bicyclic) bond motifs is 4. The number of ether oxygens (including phenoxy) is 1. The molecule has 1 N–H and O–H groups in total. The summed E-state index contributed by atoms with van der Waals surface area (Å²) < 4.78 is 6.08. The van der Waals surface area contributed by atoms with E-state index in [1.807, 2.05) is 0 Å². The van der Waals surface area contributed by atoms with Crippen molar-refractivity contribution in [2.24, 2.45) is 35.0 Å². The van der Waals surface area contributed by atoms with Crippen LogP contribution in [0.4, 0.5) is 0 Å². The lowest BCUT2D eigenvalue weighted by Crippen LogP contribution is -2.57. The van der Waals surface area contributed by atoms with Crippen LogP contribution in [0.5, 0.6) is 0 Å². The summed E-state index contributed by atoms with van der Waals surface area (Å²) in [6, 6.07) is 0. The zero-order valence-corrected chi connectivity index (χ0v) is 14.7. The quantitative estimate of drug-likeness (QED) is 0.697. The van der Waals surface area contributed by atoms with Crippen LogP contribution in [-0.2, 0) is 9.53 Å². The van der Waals surface area contributed by atoms with Crippen molar-refractivity contribution in [3.63, 3.8) is 0 Å². The largest absolute Gasteiger partial charge is 0.390 e. The van der Waals surface area contributed by atoms with Gasteiger partial charge in [0.1, 0.15) is 11.7 Å². The second-order valence-corrected chi connectivity index (χ2v) is 9.86. The van der Waals surface area contributed by atoms with E-state index in [1.54, 1.807) is 0 Å². The molecule has 3 nitrogen and oxygen atoms in total. The summed E-state index contributed by atoms with van der Waals surface area (Å²) in [4.78, 5) is 12.1. The molecule has 0 radical (unpaired) electrons. The molecule has 5 aliphatic rings. The van der Waals surface area contributed by atoms with Crippen molar-refractivity contribution in [1.29, 1.82) is 0 Å². The Morgan fingerprint density at radius 2 is 1.91 bits per heavy atom. The maximum absolute atomic E-state index is 12.1. The first-order valence-electron chi connectivity index (χ1n) is 9.73. The van der Waals surface area contributed by atoms with Gasteiger partial charge in [0.15, 0.2) is 5.78 Å². The maximum atomic E-state index is 12.1. The van der Waals surface area contributed by atoms with Crippen molar-refractivity contribution >= 4 is 5.78 Å². The molecule has 1 aliphatic heterocycles. The van der Waals surface area contributed by atoms with Crippen molar-refractivity contribution in [3.8, 4) is 0 Å². The molecule has 5 fully saturated rings. The minimum absolute atomic E-state index is 0.0651. The van der Waals surface area contributed by atoms with E-state index in [1.165, 1.54) is 12.8 Å². The fourth-order valence-corrected chi connectivity index (χ4v) is 7.76. The smallest absolute Gasteiger partial charge is 0.164 e. The number of carbonyl (C=O) groups is 1. The molecule has 1 heterocycles. The lowest BCUT2D eigenvalue weighted by Gasteiger charge is -2.58. The topological polar surface area (TPSA) is 49.8 Å². The van der Waals surface area contributed by atoms with Gasteiger partial charge in [-0.2, -0.15) is 0 Å². The SMILES string of the molecule is C[C@@H]1C[C@]23O[C@H]2C(=O)CCC3C2CC[C@@]3(C)C(CC[C@]3(C)O)C21. The first-order valence-corrected chi connectivity index (χ1v) is 9.73. The van der Waals surface area contributed by atoms with Crippen LogP contribution in [0.2, 0.25) is 0 Å². The Balaban J connectivity index is 1.51. The molecule has 0 aromatic carbocycles. The average Bonchev–Trinajstić information content (AvgIpc) is 3.15. The summed E-state index contributed by atoms with van der Waals surface area (Å²) in [7, 11) is 0. The van der Waals surface area contributed by atoms with Gasteiger partial charge in [0.05, 0.1) is 5.60 Å². The molecular weight excluding hydrogens is 288 g/mol. The monoisotopic (exact) mass is 318 g/mol. The molecular formula is C20H30O3. The van der Waals surface area contributed by atoms with Crippen LogP contribution < -0.4 is 0 Å². The van der Waals surface area contributed by atoms with E-state index in [2.05, 4.69) is 20.8 Å². The second-order valence-electron chi connectivity index (χ2n) is 9.86. The van der Waals surface area contributed by atoms with Crippen LogP contribution in [0, 0.1) is 35.0 Å². The minimum Gasteiger partial charge on any atom is -0.390 e. The molecule has 0 bridgehead atoms. The number of epoxide rings is 1. The summed E-state index contributed by atoms with van der Waals surface area (Å²) in [5, 5.41) is 11.0. The number of Topliss-reactive ketones (excluding diaryl/α,β-unsaturated/α-hetero) is 1. The van der Waals surface area contributed by atoms with Crippen molar-refractivity contribution < 1.29 is 14.6 Å². The molecule has 1 saturated heterocycles. The van der Waals surface area contributed by atoms with Gasteiger partial charge in [-0.3, -0.25) is 4.79 Å². The minimum atomic E-state index is -0.501. The van der Waals surface area contributed by atoms with E-state index in [9.17, 15) is 9.90 Å². The molecule has 4 saturated carbocycles. The third-order valence-electron chi connectivity index (χ3n) is 9.11. The van der Waals surface area contributed by atoms with Crippen LogP contribution >= 0.6 is 0 Å². The number of ketones is 1. The summed E-state index contributed by atoms with van der Waals surface area (Å²) >= 11 is 0. The fraction of sp³-hybridized carbons (Fsp3) is 0.950. The first-order chi connectivity index (χ1) is 10.8. The van der Waals surface area contributed by atoms with Gasteiger partial charge in [0.2, 0.25) is 0 Å². The molecule has 3 heteroatoms. The Bertz CT molecular complexity index is 569. The standard InChI is InChI=1S/C20H30O3/c1-11-10-20-13(4-5-15(21)17(20)23-20)12-6-8-18(2)14(16(11)12)7-9-19(18,3)22/h11-14,16-17,22H,4-10H2,1-3H3/t11-,12?,13?,14?,16?,17+,18+,19+,20-/m1/s1. The summed E-state index contributed by atoms with van der Waals surface area (Å²) in [5.41, 5.74) is -0.495.